The van der Waals surface area contributed by atoms with Crippen molar-refractivity contribution in [2.75, 3.05) is 26.2 Å². The summed E-state index contributed by atoms with van der Waals surface area (Å²) in [4.78, 5) is 2.52. The Kier molecular flexibility index (Phi) is 5.07. The van der Waals surface area contributed by atoms with Gasteiger partial charge in [-0.1, -0.05) is 29.8 Å². The van der Waals surface area contributed by atoms with Crippen molar-refractivity contribution in [2.45, 2.75) is 20.3 Å². The average molecular weight is 312 g/mol. The van der Waals surface area contributed by atoms with Crippen molar-refractivity contribution >= 4 is 15.9 Å². The van der Waals surface area contributed by atoms with Gasteiger partial charge in [0, 0.05) is 17.6 Å². The van der Waals surface area contributed by atoms with E-state index in [0.29, 0.717) is 0 Å². The number of likely N-dealkylation sites (tertiary alicyclic amines) is 1. The van der Waals surface area contributed by atoms with Crippen molar-refractivity contribution < 1.29 is 4.74 Å². The maximum atomic E-state index is 5.76. The minimum absolute atomic E-state index is 0.784. The second kappa shape index (κ2) is 6.58. The lowest BCUT2D eigenvalue weighted by atomic mass is 9.95. The second-order valence-electron chi connectivity index (χ2n) is 5.40. The van der Waals surface area contributed by atoms with Crippen molar-refractivity contribution in [1.29, 1.82) is 0 Å². The molecule has 1 unspecified atom stereocenters. The summed E-state index contributed by atoms with van der Waals surface area (Å²) in [7, 11) is 0. The number of ether oxygens (including phenoxy) is 1. The molecule has 1 fully saturated rings. The van der Waals surface area contributed by atoms with Gasteiger partial charge in [-0.15, -0.1) is 0 Å². The molecule has 1 aromatic rings. The monoisotopic (exact) mass is 311 g/mol. The van der Waals surface area contributed by atoms with Crippen molar-refractivity contribution in [3.63, 3.8) is 0 Å². The van der Waals surface area contributed by atoms with E-state index in [2.05, 4.69) is 34.7 Å². The van der Waals surface area contributed by atoms with Crippen molar-refractivity contribution in [3.05, 3.63) is 28.7 Å². The molecule has 3 heteroatoms. The summed E-state index contributed by atoms with van der Waals surface area (Å²) >= 11 is 3.42. The van der Waals surface area contributed by atoms with Crippen molar-refractivity contribution in [3.8, 4) is 5.75 Å². The van der Waals surface area contributed by atoms with Gasteiger partial charge in [0.05, 0.1) is 0 Å². The molecule has 1 aromatic carbocycles. The lowest BCUT2D eigenvalue weighted by molar-refractivity contribution is 0.227. The van der Waals surface area contributed by atoms with E-state index in [0.717, 1.165) is 35.2 Å². The molecule has 0 amide bonds. The Morgan fingerprint density at radius 3 is 2.67 bits per heavy atom. The number of hydrogen-bond donors (Lipinski definition) is 0. The molecule has 1 aliphatic rings. The largest absolute Gasteiger partial charge is 0.492 e. The zero-order valence-corrected chi connectivity index (χ0v) is 12.8. The third kappa shape index (κ3) is 3.99. The first-order valence-electron chi connectivity index (χ1n) is 6.76. The number of rotatable bonds is 5. The van der Waals surface area contributed by atoms with Crippen LogP contribution in [-0.2, 0) is 0 Å². The molecule has 0 aromatic heterocycles. The zero-order valence-electron chi connectivity index (χ0n) is 11.2. The molecule has 0 saturated carbocycles. The Morgan fingerprint density at radius 1 is 1.33 bits per heavy atom. The van der Waals surface area contributed by atoms with Gasteiger partial charge in [-0.2, -0.15) is 0 Å². The maximum Gasteiger partial charge on any atom is 0.119 e. The maximum absolute atomic E-state index is 5.76. The Balaban J connectivity index is 1.68. The lowest BCUT2D eigenvalue weighted by Gasteiger charge is -2.18. The minimum Gasteiger partial charge on any atom is -0.492 e. The molecule has 18 heavy (non-hydrogen) atoms. The normalized spacial score (nSPS) is 20.6. The molecule has 2 rings (SSSR count). The first-order valence-corrected chi connectivity index (χ1v) is 7.55. The predicted molar refractivity (Wildman–Crippen MR) is 79.0 cm³/mol. The van der Waals surface area contributed by atoms with Crippen LogP contribution in [0.5, 0.6) is 5.75 Å². The van der Waals surface area contributed by atoms with Gasteiger partial charge in [-0.05, 0) is 49.1 Å². The highest BCUT2D eigenvalue weighted by Crippen LogP contribution is 2.23. The van der Waals surface area contributed by atoms with E-state index in [9.17, 15) is 0 Å². The van der Waals surface area contributed by atoms with Gasteiger partial charge in [0.1, 0.15) is 12.4 Å². The zero-order chi connectivity index (χ0) is 13.0. The standard InChI is InChI=1S/C15H22BrNO/c1-12(2)13-7-8-17(11-13)9-10-18-15-5-3-14(16)4-6-15/h3-6,12-13H,7-11H2,1-2H3. The van der Waals surface area contributed by atoms with Crippen LogP contribution in [0, 0.1) is 11.8 Å². The fourth-order valence-corrected chi connectivity index (χ4v) is 2.70. The third-order valence-corrected chi connectivity index (χ3v) is 4.27. The fraction of sp³-hybridized carbons (Fsp3) is 0.600. The molecule has 0 N–H and O–H groups in total. The highest BCUT2D eigenvalue weighted by molar-refractivity contribution is 9.10. The lowest BCUT2D eigenvalue weighted by Crippen LogP contribution is -2.27. The van der Waals surface area contributed by atoms with Gasteiger partial charge in [-0.25, -0.2) is 0 Å². The smallest absolute Gasteiger partial charge is 0.119 e. The van der Waals surface area contributed by atoms with E-state index in [1.807, 2.05) is 24.3 Å². The summed E-state index contributed by atoms with van der Waals surface area (Å²) in [6.45, 7) is 8.94. The van der Waals surface area contributed by atoms with E-state index in [4.69, 9.17) is 4.74 Å². The van der Waals surface area contributed by atoms with Crippen LogP contribution >= 0.6 is 15.9 Å². The first kappa shape index (κ1) is 13.9. The van der Waals surface area contributed by atoms with Gasteiger partial charge in [0.2, 0.25) is 0 Å². The summed E-state index contributed by atoms with van der Waals surface area (Å²) in [5, 5.41) is 0. The molecule has 1 saturated heterocycles. The Morgan fingerprint density at radius 2 is 2.06 bits per heavy atom. The summed E-state index contributed by atoms with van der Waals surface area (Å²) in [6.07, 6.45) is 1.34. The first-order chi connectivity index (χ1) is 8.65. The van der Waals surface area contributed by atoms with Gasteiger partial charge in [-0.3, -0.25) is 4.90 Å². The highest BCUT2D eigenvalue weighted by atomic mass is 79.9. The van der Waals surface area contributed by atoms with E-state index in [1.165, 1.54) is 19.5 Å². The summed E-state index contributed by atoms with van der Waals surface area (Å²) < 4.78 is 6.85. The average Bonchev–Trinajstić information content (AvgIpc) is 2.81. The molecule has 0 radical (unpaired) electrons. The second-order valence-corrected chi connectivity index (χ2v) is 6.31. The molecular weight excluding hydrogens is 290 g/mol. The number of benzene rings is 1. The number of halogens is 1. The molecule has 1 aliphatic heterocycles. The Hall–Kier alpha value is -0.540. The molecule has 0 spiro atoms. The van der Waals surface area contributed by atoms with E-state index < -0.39 is 0 Å². The van der Waals surface area contributed by atoms with Crippen LogP contribution in [0.3, 0.4) is 0 Å². The number of hydrogen-bond acceptors (Lipinski definition) is 2. The molecular formula is C15H22BrNO. The van der Waals surface area contributed by atoms with Crippen molar-refractivity contribution in [2.24, 2.45) is 11.8 Å². The molecule has 2 nitrogen and oxygen atoms in total. The summed E-state index contributed by atoms with van der Waals surface area (Å²) in [5.74, 6) is 2.64. The Bertz CT molecular complexity index is 363. The predicted octanol–water partition coefficient (Wildman–Crippen LogP) is 3.81. The van der Waals surface area contributed by atoms with Gasteiger partial charge >= 0.3 is 0 Å². The van der Waals surface area contributed by atoms with Crippen LogP contribution < -0.4 is 4.74 Å². The molecule has 100 valence electrons. The van der Waals surface area contributed by atoms with E-state index in [1.54, 1.807) is 0 Å². The van der Waals surface area contributed by atoms with E-state index in [-0.39, 0.29) is 0 Å². The fourth-order valence-electron chi connectivity index (χ4n) is 2.43. The van der Waals surface area contributed by atoms with Gasteiger partial charge in [0.25, 0.3) is 0 Å². The molecule has 1 heterocycles. The SMILES string of the molecule is CC(C)C1CCN(CCOc2ccc(Br)cc2)C1. The van der Waals surface area contributed by atoms with E-state index >= 15 is 0 Å². The van der Waals surface area contributed by atoms with Gasteiger partial charge in [0.15, 0.2) is 0 Å². The van der Waals surface area contributed by atoms with Crippen LogP contribution in [0.1, 0.15) is 20.3 Å². The molecule has 0 aliphatic carbocycles. The van der Waals surface area contributed by atoms with Crippen LogP contribution in [-0.4, -0.2) is 31.1 Å². The molecule has 0 bridgehead atoms. The minimum atomic E-state index is 0.784. The van der Waals surface area contributed by atoms with Gasteiger partial charge < -0.3 is 4.74 Å². The van der Waals surface area contributed by atoms with Crippen LogP contribution in [0.25, 0.3) is 0 Å². The summed E-state index contributed by atoms with van der Waals surface area (Å²) in [5.41, 5.74) is 0. The van der Waals surface area contributed by atoms with Crippen LogP contribution in [0.15, 0.2) is 28.7 Å². The van der Waals surface area contributed by atoms with Crippen LogP contribution in [0.4, 0.5) is 0 Å². The quantitative estimate of drug-likeness (QED) is 0.820. The third-order valence-electron chi connectivity index (χ3n) is 3.74. The topological polar surface area (TPSA) is 12.5 Å². The number of nitrogens with zero attached hydrogens (tertiary/aromatic N) is 1. The van der Waals surface area contributed by atoms with Crippen molar-refractivity contribution in [1.82, 2.24) is 4.90 Å². The summed E-state index contributed by atoms with van der Waals surface area (Å²) in [6, 6.07) is 8.04. The highest BCUT2D eigenvalue weighted by Gasteiger charge is 2.24. The Labute approximate surface area is 118 Å². The molecule has 1 atom stereocenters. The van der Waals surface area contributed by atoms with Crippen LogP contribution in [0.2, 0.25) is 0 Å².